The van der Waals surface area contributed by atoms with Gasteiger partial charge in [-0.1, -0.05) is 0 Å². The Labute approximate surface area is 136 Å². The Kier molecular flexibility index (Phi) is 4.08. The third-order valence-corrected chi connectivity index (χ3v) is 4.04. The quantitative estimate of drug-likeness (QED) is 0.927. The van der Waals surface area contributed by atoms with Crippen molar-refractivity contribution in [2.75, 3.05) is 6.54 Å². The molecule has 1 N–H and O–H groups in total. The van der Waals surface area contributed by atoms with Crippen LogP contribution in [0.5, 0.6) is 0 Å². The molecule has 0 bridgehead atoms. The van der Waals surface area contributed by atoms with Gasteiger partial charge in [0.2, 0.25) is 5.91 Å². The second-order valence-corrected chi connectivity index (χ2v) is 7.39. The summed E-state index contributed by atoms with van der Waals surface area (Å²) in [5, 5.41) is 3.01. The van der Waals surface area contributed by atoms with E-state index in [1.54, 1.807) is 4.90 Å². The van der Waals surface area contributed by atoms with E-state index in [0.29, 0.717) is 32.1 Å². The molecule has 1 saturated carbocycles. The molecule has 1 fully saturated rings. The van der Waals surface area contributed by atoms with Gasteiger partial charge < -0.3 is 19.5 Å². The Hall–Kier alpha value is -1.98. The normalized spacial score (nSPS) is 17.6. The van der Waals surface area contributed by atoms with Crippen LogP contribution in [0.25, 0.3) is 0 Å². The SMILES string of the molecule is CC(C)(C)OC(=O)N1CCn2c(CC(=O)NC3CC3)ccc2C1. The molecule has 2 amide bonds. The minimum absolute atomic E-state index is 0.0861. The van der Waals surface area contributed by atoms with Gasteiger partial charge in [0, 0.05) is 30.5 Å². The summed E-state index contributed by atoms with van der Waals surface area (Å²) in [4.78, 5) is 25.9. The lowest BCUT2D eigenvalue weighted by atomic mass is 10.2. The molecule has 0 saturated heterocycles. The minimum atomic E-state index is -0.484. The maximum Gasteiger partial charge on any atom is 0.410 e. The Bertz CT molecular complexity index is 611. The van der Waals surface area contributed by atoms with Crippen molar-refractivity contribution in [3.05, 3.63) is 23.5 Å². The molecule has 126 valence electrons. The predicted octanol–water partition coefficient (Wildman–Crippen LogP) is 2.06. The van der Waals surface area contributed by atoms with Gasteiger partial charge in [0.25, 0.3) is 0 Å². The second kappa shape index (κ2) is 5.91. The Morgan fingerprint density at radius 3 is 2.65 bits per heavy atom. The average Bonchev–Trinajstić information content (AvgIpc) is 3.17. The number of nitrogens with one attached hydrogen (secondary N) is 1. The molecule has 0 spiro atoms. The zero-order valence-electron chi connectivity index (χ0n) is 14.1. The minimum Gasteiger partial charge on any atom is -0.444 e. The van der Waals surface area contributed by atoms with Crippen molar-refractivity contribution < 1.29 is 14.3 Å². The van der Waals surface area contributed by atoms with Gasteiger partial charge >= 0.3 is 6.09 Å². The first-order chi connectivity index (χ1) is 10.8. The van der Waals surface area contributed by atoms with Crippen LogP contribution in [0.3, 0.4) is 0 Å². The molecular formula is C17H25N3O3. The smallest absolute Gasteiger partial charge is 0.410 e. The Balaban J connectivity index is 1.61. The molecule has 0 radical (unpaired) electrons. The van der Waals surface area contributed by atoms with Crippen molar-refractivity contribution >= 4 is 12.0 Å². The van der Waals surface area contributed by atoms with Crippen molar-refractivity contribution in [2.45, 2.75) is 64.8 Å². The number of hydrogen-bond acceptors (Lipinski definition) is 3. The molecule has 2 heterocycles. The van der Waals surface area contributed by atoms with Crippen molar-refractivity contribution in [1.82, 2.24) is 14.8 Å². The van der Waals surface area contributed by atoms with Crippen LogP contribution in [-0.2, 0) is 29.0 Å². The van der Waals surface area contributed by atoms with Crippen LogP contribution in [-0.4, -0.2) is 39.7 Å². The van der Waals surface area contributed by atoms with E-state index >= 15 is 0 Å². The monoisotopic (exact) mass is 319 g/mol. The number of carbonyl (C=O) groups excluding carboxylic acids is 2. The highest BCUT2D eigenvalue weighted by molar-refractivity contribution is 5.78. The number of aromatic nitrogens is 1. The van der Waals surface area contributed by atoms with Crippen molar-refractivity contribution in [3.8, 4) is 0 Å². The summed E-state index contributed by atoms with van der Waals surface area (Å²) >= 11 is 0. The number of carbonyl (C=O) groups is 2. The van der Waals surface area contributed by atoms with Gasteiger partial charge in [-0.05, 0) is 45.7 Å². The Morgan fingerprint density at radius 2 is 2.00 bits per heavy atom. The molecule has 1 aliphatic heterocycles. The molecule has 3 rings (SSSR count). The summed E-state index contributed by atoms with van der Waals surface area (Å²) < 4.78 is 7.57. The van der Waals surface area contributed by atoms with E-state index in [0.717, 1.165) is 24.2 Å². The topological polar surface area (TPSA) is 63.6 Å². The highest BCUT2D eigenvalue weighted by Crippen LogP contribution is 2.21. The highest BCUT2D eigenvalue weighted by Gasteiger charge is 2.28. The van der Waals surface area contributed by atoms with E-state index in [1.165, 1.54) is 0 Å². The molecule has 1 aromatic rings. The van der Waals surface area contributed by atoms with Crippen LogP contribution in [0.4, 0.5) is 4.79 Å². The first-order valence-corrected chi connectivity index (χ1v) is 8.26. The molecule has 2 aliphatic rings. The lowest BCUT2D eigenvalue weighted by Crippen LogP contribution is -2.41. The lowest BCUT2D eigenvalue weighted by molar-refractivity contribution is -0.120. The first kappa shape index (κ1) is 15.9. The van der Waals surface area contributed by atoms with Crippen LogP contribution < -0.4 is 5.32 Å². The zero-order chi connectivity index (χ0) is 16.6. The van der Waals surface area contributed by atoms with Crippen molar-refractivity contribution in [1.29, 1.82) is 0 Å². The third kappa shape index (κ3) is 4.06. The van der Waals surface area contributed by atoms with Crippen LogP contribution in [0.2, 0.25) is 0 Å². The standard InChI is InChI=1S/C17H25N3O3/c1-17(2,3)23-16(22)19-8-9-20-13(6-7-14(20)11-19)10-15(21)18-12-4-5-12/h6-7,12H,4-5,8-11H2,1-3H3,(H,18,21). The molecule has 23 heavy (non-hydrogen) atoms. The number of amides is 2. The molecular weight excluding hydrogens is 294 g/mol. The molecule has 0 atom stereocenters. The summed E-state index contributed by atoms with van der Waals surface area (Å²) in [5.41, 5.74) is 1.58. The van der Waals surface area contributed by atoms with Crippen LogP contribution in [0, 0.1) is 0 Å². The van der Waals surface area contributed by atoms with E-state index in [2.05, 4.69) is 9.88 Å². The second-order valence-electron chi connectivity index (χ2n) is 7.39. The Morgan fingerprint density at radius 1 is 1.26 bits per heavy atom. The predicted molar refractivity (Wildman–Crippen MR) is 85.9 cm³/mol. The summed E-state index contributed by atoms with van der Waals surface area (Å²) in [6.45, 7) is 7.44. The number of fused-ring (bicyclic) bond motifs is 1. The van der Waals surface area contributed by atoms with Gasteiger partial charge in [0.05, 0.1) is 13.0 Å². The summed E-state index contributed by atoms with van der Waals surface area (Å²) in [7, 11) is 0. The van der Waals surface area contributed by atoms with Gasteiger partial charge in [-0.2, -0.15) is 0 Å². The van der Waals surface area contributed by atoms with E-state index in [4.69, 9.17) is 4.74 Å². The highest BCUT2D eigenvalue weighted by atomic mass is 16.6. The molecule has 0 unspecified atom stereocenters. The van der Waals surface area contributed by atoms with Gasteiger partial charge in [-0.3, -0.25) is 4.79 Å². The fourth-order valence-corrected chi connectivity index (χ4v) is 2.78. The fraction of sp³-hybridized carbons (Fsp3) is 0.647. The van der Waals surface area contributed by atoms with E-state index < -0.39 is 5.60 Å². The summed E-state index contributed by atoms with van der Waals surface area (Å²) in [6, 6.07) is 4.37. The van der Waals surface area contributed by atoms with Gasteiger partial charge in [-0.25, -0.2) is 4.79 Å². The zero-order valence-corrected chi connectivity index (χ0v) is 14.1. The van der Waals surface area contributed by atoms with Gasteiger partial charge in [0.15, 0.2) is 0 Å². The fourth-order valence-electron chi connectivity index (χ4n) is 2.78. The van der Waals surface area contributed by atoms with Crippen LogP contribution >= 0.6 is 0 Å². The summed E-state index contributed by atoms with van der Waals surface area (Å²) in [6.07, 6.45) is 2.33. The molecule has 6 nitrogen and oxygen atoms in total. The van der Waals surface area contributed by atoms with E-state index in [1.807, 2.05) is 32.9 Å². The molecule has 0 aromatic carbocycles. The number of nitrogens with zero attached hydrogens (tertiary/aromatic N) is 2. The number of rotatable bonds is 3. The average molecular weight is 319 g/mol. The lowest BCUT2D eigenvalue weighted by Gasteiger charge is -2.31. The van der Waals surface area contributed by atoms with Gasteiger partial charge in [0.1, 0.15) is 5.60 Å². The van der Waals surface area contributed by atoms with Gasteiger partial charge in [-0.15, -0.1) is 0 Å². The van der Waals surface area contributed by atoms with Crippen LogP contribution in [0.15, 0.2) is 12.1 Å². The van der Waals surface area contributed by atoms with Crippen LogP contribution in [0.1, 0.15) is 45.0 Å². The van der Waals surface area contributed by atoms with Crippen molar-refractivity contribution in [3.63, 3.8) is 0 Å². The molecule has 1 aromatic heterocycles. The van der Waals surface area contributed by atoms with E-state index in [-0.39, 0.29) is 12.0 Å². The number of hydrogen-bond donors (Lipinski definition) is 1. The third-order valence-electron chi connectivity index (χ3n) is 4.04. The molecule has 6 heteroatoms. The van der Waals surface area contributed by atoms with E-state index in [9.17, 15) is 9.59 Å². The van der Waals surface area contributed by atoms with Crippen molar-refractivity contribution in [2.24, 2.45) is 0 Å². The number of ether oxygens (including phenoxy) is 1. The maximum atomic E-state index is 12.2. The summed E-state index contributed by atoms with van der Waals surface area (Å²) in [5.74, 6) is 0.0861. The maximum absolute atomic E-state index is 12.2. The first-order valence-electron chi connectivity index (χ1n) is 8.26. The largest absolute Gasteiger partial charge is 0.444 e. The molecule has 1 aliphatic carbocycles.